The zero-order chi connectivity index (χ0) is 13.1. The van der Waals surface area contributed by atoms with Gasteiger partial charge in [-0.25, -0.2) is 4.79 Å². The number of carbonyl (C=O) groups is 2. The van der Waals surface area contributed by atoms with Crippen molar-refractivity contribution < 1.29 is 14.7 Å². The van der Waals surface area contributed by atoms with Crippen molar-refractivity contribution in [3.05, 3.63) is 0 Å². The summed E-state index contributed by atoms with van der Waals surface area (Å²) >= 11 is 0. The van der Waals surface area contributed by atoms with E-state index in [-0.39, 0.29) is 17.2 Å². The van der Waals surface area contributed by atoms with Gasteiger partial charge in [0.1, 0.15) is 6.04 Å². The van der Waals surface area contributed by atoms with Crippen molar-refractivity contribution in [2.75, 3.05) is 7.05 Å². The van der Waals surface area contributed by atoms with Crippen LogP contribution in [-0.4, -0.2) is 35.0 Å². The molecule has 0 aromatic rings. The van der Waals surface area contributed by atoms with Gasteiger partial charge >= 0.3 is 5.97 Å². The molecule has 0 rings (SSSR count). The second-order valence-corrected chi connectivity index (χ2v) is 5.49. The molecule has 0 bridgehead atoms. The van der Waals surface area contributed by atoms with Gasteiger partial charge in [0.15, 0.2) is 0 Å². The summed E-state index contributed by atoms with van der Waals surface area (Å²) in [6.45, 7) is 9.75. The Morgan fingerprint density at radius 1 is 1.25 bits per heavy atom. The largest absolute Gasteiger partial charge is 0.480 e. The highest BCUT2D eigenvalue weighted by atomic mass is 16.4. The quantitative estimate of drug-likeness (QED) is 0.802. The Morgan fingerprint density at radius 3 is 2.00 bits per heavy atom. The van der Waals surface area contributed by atoms with Crippen LogP contribution in [0.15, 0.2) is 0 Å². The third kappa shape index (κ3) is 4.21. The van der Waals surface area contributed by atoms with Crippen molar-refractivity contribution in [3.8, 4) is 0 Å². The van der Waals surface area contributed by atoms with E-state index in [4.69, 9.17) is 5.11 Å². The molecule has 1 N–H and O–H groups in total. The van der Waals surface area contributed by atoms with Crippen LogP contribution in [0.4, 0.5) is 0 Å². The first kappa shape index (κ1) is 14.9. The fourth-order valence-corrected chi connectivity index (χ4v) is 1.09. The van der Waals surface area contributed by atoms with Gasteiger partial charge in [-0.15, -0.1) is 0 Å². The maximum Gasteiger partial charge on any atom is 0.326 e. The van der Waals surface area contributed by atoms with Crippen molar-refractivity contribution in [1.29, 1.82) is 0 Å². The summed E-state index contributed by atoms with van der Waals surface area (Å²) < 4.78 is 0. The topological polar surface area (TPSA) is 57.6 Å². The normalized spacial score (nSPS) is 15.4. The van der Waals surface area contributed by atoms with E-state index in [0.717, 1.165) is 0 Å². The first-order valence-electron chi connectivity index (χ1n) is 5.55. The Balaban J connectivity index is 4.43. The van der Waals surface area contributed by atoms with E-state index >= 15 is 0 Å². The van der Waals surface area contributed by atoms with Gasteiger partial charge in [0, 0.05) is 13.5 Å². The molecular formula is C12H23NO3. The van der Waals surface area contributed by atoms with Gasteiger partial charge in [0.25, 0.3) is 0 Å². The summed E-state index contributed by atoms with van der Waals surface area (Å²) in [5.41, 5.74) is 0.0585. The third-order valence-electron chi connectivity index (χ3n) is 3.29. The highest BCUT2D eigenvalue weighted by Gasteiger charge is 2.27. The van der Waals surface area contributed by atoms with E-state index in [0.29, 0.717) is 6.42 Å². The molecule has 94 valence electrons. The molecule has 0 radical (unpaired) electrons. The van der Waals surface area contributed by atoms with Gasteiger partial charge in [-0.1, -0.05) is 27.7 Å². The zero-order valence-corrected chi connectivity index (χ0v) is 11.1. The number of aliphatic carboxylic acids is 1. The summed E-state index contributed by atoms with van der Waals surface area (Å²) in [7, 11) is 1.54. The lowest BCUT2D eigenvalue weighted by Gasteiger charge is -2.29. The van der Waals surface area contributed by atoms with Crippen molar-refractivity contribution in [2.45, 2.75) is 47.1 Å². The summed E-state index contributed by atoms with van der Waals surface area (Å²) in [4.78, 5) is 23.8. The highest BCUT2D eigenvalue weighted by molar-refractivity contribution is 5.83. The lowest BCUT2D eigenvalue weighted by Crippen LogP contribution is -2.41. The van der Waals surface area contributed by atoms with E-state index in [9.17, 15) is 9.59 Å². The lowest BCUT2D eigenvalue weighted by molar-refractivity contribution is -0.148. The van der Waals surface area contributed by atoms with Gasteiger partial charge in [-0.2, -0.15) is 0 Å². The van der Waals surface area contributed by atoms with Crippen LogP contribution in [0.3, 0.4) is 0 Å². The second-order valence-electron chi connectivity index (χ2n) is 5.49. The Morgan fingerprint density at radius 2 is 1.69 bits per heavy atom. The number of rotatable bonds is 4. The minimum atomic E-state index is -0.973. The molecule has 4 nitrogen and oxygen atoms in total. The molecule has 0 aromatic carbocycles. The van der Waals surface area contributed by atoms with Crippen LogP contribution in [0.1, 0.15) is 41.0 Å². The van der Waals surface area contributed by atoms with Crippen LogP contribution in [0.25, 0.3) is 0 Å². The van der Waals surface area contributed by atoms with E-state index in [1.54, 1.807) is 0 Å². The van der Waals surface area contributed by atoms with Crippen LogP contribution in [0, 0.1) is 11.3 Å². The van der Waals surface area contributed by atoms with Crippen LogP contribution in [0.5, 0.6) is 0 Å². The van der Waals surface area contributed by atoms with Crippen LogP contribution < -0.4 is 0 Å². The molecule has 4 heteroatoms. The number of hydrogen-bond donors (Lipinski definition) is 1. The molecule has 0 spiro atoms. The first-order chi connectivity index (χ1) is 7.07. The standard InChI is InChI=1S/C12H23NO3/c1-8(12(3,4)5)7-10(14)13(6)9(2)11(15)16/h8-9H,7H2,1-6H3,(H,15,16). The molecular weight excluding hydrogens is 206 g/mol. The maximum absolute atomic E-state index is 11.8. The van der Waals surface area contributed by atoms with Crippen LogP contribution >= 0.6 is 0 Å². The number of carboxylic acid groups (broad SMARTS) is 1. The number of nitrogens with zero attached hydrogens (tertiary/aromatic N) is 1. The van der Waals surface area contributed by atoms with Crippen molar-refractivity contribution >= 4 is 11.9 Å². The minimum absolute atomic E-state index is 0.0585. The summed E-state index contributed by atoms with van der Waals surface area (Å²) in [6.07, 6.45) is 0.387. The lowest BCUT2D eigenvalue weighted by atomic mass is 9.80. The summed E-state index contributed by atoms with van der Waals surface area (Å²) in [6, 6.07) is -0.764. The SMILES string of the molecule is CC(C(=O)O)N(C)C(=O)CC(C)C(C)(C)C. The average molecular weight is 229 g/mol. The van der Waals surface area contributed by atoms with Crippen molar-refractivity contribution in [1.82, 2.24) is 4.90 Å². The predicted octanol–water partition coefficient (Wildman–Crippen LogP) is 1.99. The van der Waals surface area contributed by atoms with Crippen LogP contribution in [0.2, 0.25) is 0 Å². The average Bonchev–Trinajstić information content (AvgIpc) is 2.13. The predicted molar refractivity (Wildman–Crippen MR) is 63.1 cm³/mol. The zero-order valence-electron chi connectivity index (χ0n) is 11.1. The summed E-state index contributed by atoms with van der Waals surface area (Å²) in [5.74, 6) is -0.861. The number of carbonyl (C=O) groups excluding carboxylic acids is 1. The van der Waals surface area contributed by atoms with Gasteiger partial charge < -0.3 is 10.0 Å². The fraction of sp³-hybridized carbons (Fsp3) is 0.833. The van der Waals surface area contributed by atoms with E-state index < -0.39 is 12.0 Å². The third-order valence-corrected chi connectivity index (χ3v) is 3.29. The summed E-state index contributed by atoms with van der Waals surface area (Å²) in [5, 5.41) is 8.80. The van der Waals surface area contributed by atoms with E-state index in [1.165, 1.54) is 18.9 Å². The molecule has 1 amide bonds. The molecule has 0 fully saturated rings. The Hall–Kier alpha value is -1.06. The van der Waals surface area contributed by atoms with Gasteiger partial charge in [-0.3, -0.25) is 4.79 Å². The fourth-order valence-electron chi connectivity index (χ4n) is 1.09. The van der Waals surface area contributed by atoms with Gasteiger partial charge in [0.05, 0.1) is 0 Å². The minimum Gasteiger partial charge on any atom is -0.480 e. The molecule has 0 heterocycles. The van der Waals surface area contributed by atoms with Crippen molar-refractivity contribution in [3.63, 3.8) is 0 Å². The maximum atomic E-state index is 11.8. The highest BCUT2D eigenvalue weighted by Crippen LogP contribution is 2.28. The number of carboxylic acids is 1. The smallest absolute Gasteiger partial charge is 0.326 e. The van der Waals surface area contributed by atoms with Gasteiger partial charge in [-0.05, 0) is 18.3 Å². The molecule has 2 unspecified atom stereocenters. The Bertz CT molecular complexity index is 268. The molecule has 2 atom stereocenters. The monoisotopic (exact) mass is 229 g/mol. The van der Waals surface area contributed by atoms with Crippen molar-refractivity contribution in [2.24, 2.45) is 11.3 Å². The second kappa shape index (κ2) is 5.32. The molecule has 0 saturated heterocycles. The molecule has 0 saturated carbocycles. The van der Waals surface area contributed by atoms with Gasteiger partial charge in [0.2, 0.25) is 5.91 Å². The Kier molecular flexibility index (Phi) is 4.97. The number of amides is 1. The first-order valence-corrected chi connectivity index (χ1v) is 5.55. The number of hydrogen-bond acceptors (Lipinski definition) is 2. The molecule has 0 aliphatic heterocycles. The van der Waals surface area contributed by atoms with E-state index in [1.807, 2.05) is 6.92 Å². The molecule has 0 aromatic heterocycles. The molecule has 0 aliphatic rings. The molecule has 0 aliphatic carbocycles. The van der Waals surface area contributed by atoms with Crippen LogP contribution in [-0.2, 0) is 9.59 Å². The number of likely N-dealkylation sites (N-methyl/N-ethyl adjacent to an activating group) is 1. The Labute approximate surface area is 97.6 Å². The van der Waals surface area contributed by atoms with E-state index in [2.05, 4.69) is 20.8 Å². The molecule has 16 heavy (non-hydrogen) atoms.